The number of hydrogen-bond donors (Lipinski definition) is 3. The fourth-order valence-corrected chi connectivity index (χ4v) is 1.94. The largest absolute Gasteiger partial charge is 0.352 e. The Morgan fingerprint density at radius 2 is 2.35 bits per heavy atom. The van der Waals surface area contributed by atoms with Gasteiger partial charge in [0.05, 0.1) is 11.0 Å². The smallest absolute Gasteiger partial charge is 0.312 e. The number of imidazole rings is 1. The van der Waals surface area contributed by atoms with Crippen molar-refractivity contribution in [2.45, 2.75) is 6.54 Å². The molecule has 2 rings (SSSR count). The quantitative estimate of drug-likeness (QED) is 0.726. The van der Waals surface area contributed by atoms with Crippen LogP contribution in [0.4, 0.5) is 9.18 Å². The minimum atomic E-state index is -0.595. The van der Waals surface area contributed by atoms with Crippen LogP contribution in [0.3, 0.4) is 0 Å². The summed E-state index contributed by atoms with van der Waals surface area (Å²) in [7, 11) is 0. The summed E-state index contributed by atoms with van der Waals surface area (Å²) in [5.74, 6) is -0.330. The number of aromatic nitrogens is 2. The highest BCUT2D eigenvalue weighted by atomic mass is 32.1. The van der Waals surface area contributed by atoms with Crippen molar-refractivity contribution in [3.05, 3.63) is 28.8 Å². The second-order valence-corrected chi connectivity index (χ2v) is 3.92. The Bertz CT molecular complexity index is 618. The number of nitrogens with one attached hydrogen (secondary N) is 2. The molecule has 0 aliphatic heterocycles. The van der Waals surface area contributed by atoms with Crippen molar-refractivity contribution in [1.29, 1.82) is 0 Å². The topological polar surface area (TPSA) is 75.8 Å². The summed E-state index contributed by atoms with van der Waals surface area (Å²) in [6.45, 7) is 0.776. The summed E-state index contributed by atoms with van der Waals surface area (Å²) in [6.07, 6.45) is 0. The molecule has 2 aromatic rings. The first-order valence-electron chi connectivity index (χ1n) is 4.99. The third kappa shape index (κ3) is 2.44. The maximum Gasteiger partial charge on any atom is 0.312 e. The molecule has 0 bridgehead atoms. The van der Waals surface area contributed by atoms with Crippen molar-refractivity contribution in [3.63, 3.8) is 0 Å². The lowest BCUT2D eigenvalue weighted by Gasteiger charge is -2.04. The zero-order chi connectivity index (χ0) is 12.4. The number of hydrogen-bond acceptors (Lipinski definition) is 2. The highest BCUT2D eigenvalue weighted by Crippen LogP contribution is 2.15. The lowest BCUT2D eigenvalue weighted by atomic mass is 10.3. The van der Waals surface area contributed by atoms with Gasteiger partial charge in [0, 0.05) is 13.1 Å². The number of aromatic amines is 1. The number of H-pyrrole nitrogens is 1. The Morgan fingerprint density at radius 3 is 3.06 bits per heavy atom. The van der Waals surface area contributed by atoms with Gasteiger partial charge < -0.3 is 20.6 Å². The molecule has 0 radical (unpaired) electrons. The predicted molar refractivity (Wildman–Crippen MR) is 64.7 cm³/mol. The minimum absolute atomic E-state index is 0.330. The van der Waals surface area contributed by atoms with Crippen LogP contribution >= 0.6 is 12.2 Å². The molecule has 17 heavy (non-hydrogen) atoms. The van der Waals surface area contributed by atoms with E-state index in [4.69, 9.17) is 18.0 Å². The van der Waals surface area contributed by atoms with E-state index < -0.39 is 6.03 Å². The van der Waals surface area contributed by atoms with Crippen LogP contribution in [0.2, 0.25) is 0 Å². The molecular formula is C10H11FN4OS. The maximum atomic E-state index is 13.1. The van der Waals surface area contributed by atoms with Gasteiger partial charge in [0.25, 0.3) is 0 Å². The number of primary amides is 1. The van der Waals surface area contributed by atoms with Gasteiger partial charge in [-0.15, -0.1) is 0 Å². The van der Waals surface area contributed by atoms with Crippen molar-refractivity contribution < 1.29 is 9.18 Å². The highest BCUT2D eigenvalue weighted by molar-refractivity contribution is 7.71. The number of nitrogens with two attached hydrogens (primary N) is 1. The number of urea groups is 1. The number of rotatable bonds is 3. The number of carbonyl (C=O) groups excluding carboxylic acids is 1. The molecule has 1 heterocycles. The molecule has 7 heteroatoms. The van der Waals surface area contributed by atoms with Crippen molar-refractivity contribution in [2.75, 3.05) is 6.54 Å². The normalized spacial score (nSPS) is 10.6. The molecule has 0 aliphatic rings. The van der Waals surface area contributed by atoms with E-state index in [0.29, 0.717) is 23.4 Å². The molecule has 2 amide bonds. The summed E-state index contributed by atoms with van der Waals surface area (Å²) >= 11 is 5.12. The van der Waals surface area contributed by atoms with Crippen LogP contribution < -0.4 is 11.1 Å². The average Bonchev–Trinajstić information content (AvgIpc) is 2.55. The Labute approximate surface area is 101 Å². The number of nitrogens with zero attached hydrogens (tertiary/aromatic N) is 1. The summed E-state index contributed by atoms with van der Waals surface area (Å²) in [6, 6.07) is 3.78. The van der Waals surface area contributed by atoms with Crippen LogP contribution in [0.15, 0.2) is 18.2 Å². The van der Waals surface area contributed by atoms with E-state index in [1.54, 1.807) is 10.6 Å². The van der Waals surface area contributed by atoms with E-state index in [1.165, 1.54) is 12.1 Å². The van der Waals surface area contributed by atoms with Gasteiger partial charge in [-0.05, 0) is 30.4 Å². The van der Waals surface area contributed by atoms with Crippen molar-refractivity contribution in [3.8, 4) is 0 Å². The summed E-state index contributed by atoms with van der Waals surface area (Å²) < 4.78 is 15.3. The molecule has 90 valence electrons. The Kier molecular flexibility index (Phi) is 3.10. The Hall–Kier alpha value is -1.89. The highest BCUT2D eigenvalue weighted by Gasteiger charge is 2.05. The van der Waals surface area contributed by atoms with E-state index in [1.807, 2.05) is 0 Å². The van der Waals surface area contributed by atoms with Crippen LogP contribution in [0.25, 0.3) is 11.0 Å². The van der Waals surface area contributed by atoms with E-state index in [0.717, 1.165) is 5.52 Å². The van der Waals surface area contributed by atoms with Gasteiger partial charge in [-0.3, -0.25) is 0 Å². The first kappa shape index (κ1) is 11.6. The van der Waals surface area contributed by atoms with Crippen LogP contribution in [0.1, 0.15) is 0 Å². The van der Waals surface area contributed by atoms with Gasteiger partial charge in [0.15, 0.2) is 4.77 Å². The van der Waals surface area contributed by atoms with Gasteiger partial charge in [0.2, 0.25) is 0 Å². The van der Waals surface area contributed by atoms with Crippen molar-refractivity contribution in [2.24, 2.45) is 5.73 Å². The van der Waals surface area contributed by atoms with E-state index >= 15 is 0 Å². The second kappa shape index (κ2) is 4.54. The molecule has 0 unspecified atom stereocenters. The van der Waals surface area contributed by atoms with Gasteiger partial charge in [-0.2, -0.15) is 0 Å². The van der Waals surface area contributed by atoms with Crippen LogP contribution in [0.5, 0.6) is 0 Å². The number of benzene rings is 1. The van der Waals surface area contributed by atoms with Crippen molar-refractivity contribution >= 4 is 29.3 Å². The first-order valence-corrected chi connectivity index (χ1v) is 5.40. The number of halogens is 1. The van der Waals surface area contributed by atoms with E-state index in [-0.39, 0.29) is 5.82 Å². The summed E-state index contributed by atoms with van der Waals surface area (Å²) in [4.78, 5) is 13.5. The molecule has 0 aliphatic carbocycles. The molecule has 0 fully saturated rings. The molecule has 0 saturated heterocycles. The molecule has 0 atom stereocenters. The molecule has 0 saturated carbocycles. The molecular weight excluding hydrogens is 243 g/mol. The predicted octanol–water partition coefficient (Wildman–Crippen LogP) is 1.51. The van der Waals surface area contributed by atoms with Gasteiger partial charge in [0.1, 0.15) is 5.82 Å². The van der Waals surface area contributed by atoms with Crippen molar-refractivity contribution in [1.82, 2.24) is 14.9 Å². The van der Waals surface area contributed by atoms with E-state index in [9.17, 15) is 9.18 Å². The van der Waals surface area contributed by atoms with E-state index in [2.05, 4.69) is 10.3 Å². The molecule has 1 aromatic carbocycles. The van der Waals surface area contributed by atoms with Gasteiger partial charge in [-0.1, -0.05) is 0 Å². The fourth-order valence-electron chi connectivity index (χ4n) is 1.64. The minimum Gasteiger partial charge on any atom is -0.352 e. The second-order valence-electron chi connectivity index (χ2n) is 3.53. The average molecular weight is 254 g/mol. The molecule has 1 aromatic heterocycles. The third-order valence-corrected chi connectivity index (χ3v) is 2.69. The van der Waals surface area contributed by atoms with Gasteiger partial charge >= 0.3 is 6.03 Å². The SMILES string of the molecule is NC(=O)NCCn1c(=S)[nH]c2ccc(F)cc21. The third-order valence-electron chi connectivity index (χ3n) is 2.37. The Balaban J connectivity index is 2.32. The first-order chi connectivity index (χ1) is 8.08. The molecule has 4 N–H and O–H groups in total. The van der Waals surface area contributed by atoms with Crippen LogP contribution in [-0.4, -0.2) is 22.1 Å². The number of fused-ring (bicyclic) bond motifs is 1. The molecule has 5 nitrogen and oxygen atoms in total. The van der Waals surface area contributed by atoms with Gasteiger partial charge in [-0.25, -0.2) is 9.18 Å². The summed E-state index contributed by atoms with van der Waals surface area (Å²) in [5, 5.41) is 2.45. The number of carbonyl (C=O) groups is 1. The zero-order valence-electron chi connectivity index (χ0n) is 8.87. The lowest BCUT2D eigenvalue weighted by Crippen LogP contribution is -2.32. The monoisotopic (exact) mass is 254 g/mol. The van der Waals surface area contributed by atoms with Crippen LogP contribution in [-0.2, 0) is 6.54 Å². The lowest BCUT2D eigenvalue weighted by molar-refractivity contribution is 0.248. The van der Waals surface area contributed by atoms with Crippen LogP contribution in [0, 0.1) is 10.6 Å². The fraction of sp³-hybridized carbons (Fsp3) is 0.200. The standard InChI is InChI=1S/C10H11FN4OS/c11-6-1-2-7-8(5-6)15(10(17)14-7)4-3-13-9(12)16/h1-2,5H,3-4H2,(H,14,17)(H3,12,13,16). The Morgan fingerprint density at radius 1 is 1.59 bits per heavy atom. The maximum absolute atomic E-state index is 13.1. The molecule has 0 spiro atoms. The zero-order valence-corrected chi connectivity index (χ0v) is 9.68. The number of amides is 2. The summed E-state index contributed by atoms with van der Waals surface area (Å²) in [5.41, 5.74) is 6.38.